The number of hydrogen-bond donors (Lipinski definition) is 0. The number of rotatable bonds is 1. The Morgan fingerprint density at radius 1 is 1.05 bits per heavy atom. The zero-order valence-corrected chi connectivity index (χ0v) is 11.1. The third-order valence-electron chi connectivity index (χ3n) is 3.80. The maximum atomic E-state index is 13.8. The number of aryl methyl sites for hydroxylation is 1. The van der Waals surface area contributed by atoms with Crippen molar-refractivity contribution in [2.45, 2.75) is 19.4 Å². The number of halogens is 1. The van der Waals surface area contributed by atoms with E-state index in [1.165, 1.54) is 17.2 Å². The van der Waals surface area contributed by atoms with Gasteiger partial charge in [0.15, 0.2) is 0 Å². The van der Waals surface area contributed by atoms with E-state index in [4.69, 9.17) is 0 Å². The van der Waals surface area contributed by atoms with E-state index in [-0.39, 0.29) is 5.56 Å². The molecule has 0 unspecified atom stereocenters. The van der Waals surface area contributed by atoms with Gasteiger partial charge in [-0.15, -0.1) is 0 Å². The monoisotopic (exact) mass is 266 g/mol. The maximum Gasteiger partial charge on any atom is 0.143 e. The number of fused-ring (bicyclic) bond motifs is 1. The van der Waals surface area contributed by atoms with Gasteiger partial charge in [0.2, 0.25) is 0 Å². The van der Waals surface area contributed by atoms with Gasteiger partial charge in [-0.1, -0.05) is 30.3 Å². The van der Waals surface area contributed by atoms with Gasteiger partial charge in [0, 0.05) is 13.1 Å². The van der Waals surface area contributed by atoms with E-state index in [9.17, 15) is 9.65 Å². The van der Waals surface area contributed by atoms with Crippen LogP contribution in [0, 0.1) is 17.1 Å². The van der Waals surface area contributed by atoms with Crippen molar-refractivity contribution < 1.29 is 4.39 Å². The molecule has 3 rings (SSSR count). The van der Waals surface area contributed by atoms with E-state index in [2.05, 4.69) is 23.1 Å². The quantitative estimate of drug-likeness (QED) is 0.787. The molecule has 1 heterocycles. The van der Waals surface area contributed by atoms with Gasteiger partial charge >= 0.3 is 0 Å². The highest BCUT2D eigenvalue weighted by Crippen LogP contribution is 2.27. The summed E-state index contributed by atoms with van der Waals surface area (Å²) >= 11 is 0. The first-order valence-corrected chi connectivity index (χ1v) is 6.80. The summed E-state index contributed by atoms with van der Waals surface area (Å²) in [5.41, 5.74) is 3.46. The molecule has 1 aliphatic heterocycles. The lowest BCUT2D eigenvalue weighted by atomic mass is 10.0. The molecule has 100 valence electrons. The molecule has 0 radical (unpaired) electrons. The standard InChI is InChI=1S/C17H15FN2/c18-16-8-3-9-17(15(16)11-19)20-10-4-7-13-5-1-2-6-14(13)12-20/h1-3,5-6,8-9H,4,7,10,12H2. The Morgan fingerprint density at radius 2 is 1.85 bits per heavy atom. The Morgan fingerprint density at radius 3 is 2.65 bits per heavy atom. The van der Waals surface area contributed by atoms with Gasteiger partial charge in [-0.05, 0) is 36.1 Å². The lowest BCUT2D eigenvalue weighted by molar-refractivity contribution is 0.622. The molecule has 2 nitrogen and oxygen atoms in total. The van der Waals surface area contributed by atoms with Crippen molar-refractivity contribution in [2.24, 2.45) is 0 Å². The molecule has 0 saturated carbocycles. The molecule has 0 amide bonds. The second-order valence-electron chi connectivity index (χ2n) is 5.04. The first kappa shape index (κ1) is 12.7. The third kappa shape index (κ3) is 2.25. The number of hydrogen-bond acceptors (Lipinski definition) is 2. The van der Waals surface area contributed by atoms with Crippen molar-refractivity contribution in [2.75, 3.05) is 11.4 Å². The summed E-state index contributed by atoms with van der Waals surface area (Å²) in [4.78, 5) is 2.10. The predicted octanol–water partition coefficient (Wildman–Crippen LogP) is 3.65. The molecular weight excluding hydrogens is 251 g/mol. The van der Waals surface area contributed by atoms with Crippen LogP contribution in [-0.2, 0) is 13.0 Å². The summed E-state index contributed by atoms with van der Waals surface area (Å²) in [5.74, 6) is -0.442. The van der Waals surface area contributed by atoms with Crippen molar-refractivity contribution in [3.05, 3.63) is 65.0 Å². The first-order valence-electron chi connectivity index (χ1n) is 6.80. The Kier molecular flexibility index (Phi) is 3.39. The minimum Gasteiger partial charge on any atom is -0.366 e. The van der Waals surface area contributed by atoms with Crippen LogP contribution in [0.25, 0.3) is 0 Å². The molecule has 0 spiro atoms. The smallest absolute Gasteiger partial charge is 0.143 e. The van der Waals surface area contributed by atoms with E-state index in [1.54, 1.807) is 6.07 Å². The normalized spacial score (nSPS) is 14.3. The Labute approximate surface area is 118 Å². The van der Waals surface area contributed by atoms with Gasteiger partial charge in [-0.25, -0.2) is 4.39 Å². The molecule has 0 aliphatic carbocycles. The summed E-state index contributed by atoms with van der Waals surface area (Å²) in [5, 5.41) is 9.18. The minimum atomic E-state index is -0.442. The van der Waals surface area contributed by atoms with E-state index in [0.29, 0.717) is 5.69 Å². The molecule has 0 N–H and O–H groups in total. The van der Waals surface area contributed by atoms with Crippen LogP contribution in [0.2, 0.25) is 0 Å². The summed E-state index contributed by atoms with van der Waals surface area (Å²) < 4.78 is 13.8. The topological polar surface area (TPSA) is 27.0 Å². The summed E-state index contributed by atoms with van der Waals surface area (Å²) in [7, 11) is 0. The van der Waals surface area contributed by atoms with Gasteiger partial charge in [-0.2, -0.15) is 5.26 Å². The van der Waals surface area contributed by atoms with Crippen LogP contribution in [0.15, 0.2) is 42.5 Å². The average molecular weight is 266 g/mol. The Hall–Kier alpha value is -2.34. The fourth-order valence-corrected chi connectivity index (χ4v) is 2.79. The zero-order valence-electron chi connectivity index (χ0n) is 11.1. The van der Waals surface area contributed by atoms with Crippen LogP contribution in [0.3, 0.4) is 0 Å². The minimum absolute atomic E-state index is 0.145. The van der Waals surface area contributed by atoms with E-state index in [0.717, 1.165) is 25.9 Å². The molecule has 3 heteroatoms. The van der Waals surface area contributed by atoms with Crippen LogP contribution >= 0.6 is 0 Å². The second-order valence-corrected chi connectivity index (χ2v) is 5.04. The third-order valence-corrected chi connectivity index (χ3v) is 3.80. The van der Waals surface area contributed by atoms with Gasteiger partial charge in [0.1, 0.15) is 17.4 Å². The van der Waals surface area contributed by atoms with Crippen molar-refractivity contribution in [1.82, 2.24) is 0 Å². The van der Waals surface area contributed by atoms with Crippen LogP contribution in [0.4, 0.5) is 10.1 Å². The van der Waals surface area contributed by atoms with Gasteiger partial charge in [0.25, 0.3) is 0 Å². The highest BCUT2D eigenvalue weighted by Gasteiger charge is 2.18. The molecule has 0 atom stereocenters. The predicted molar refractivity (Wildman–Crippen MR) is 76.9 cm³/mol. The number of anilines is 1. The number of benzene rings is 2. The molecule has 0 saturated heterocycles. The molecule has 0 fully saturated rings. The molecule has 0 bridgehead atoms. The molecule has 20 heavy (non-hydrogen) atoms. The second kappa shape index (κ2) is 5.34. The molecule has 0 aromatic heterocycles. The Balaban J connectivity index is 2.00. The number of nitriles is 1. The first-order chi connectivity index (χ1) is 9.79. The van der Waals surface area contributed by atoms with Crippen LogP contribution in [-0.4, -0.2) is 6.54 Å². The lowest BCUT2D eigenvalue weighted by Gasteiger charge is -2.24. The molecule has 2 aromatic carbocycles. The molecular formula is C17H15FN2. The lowest BCUT2D eigenvalue weighted by Crippen LogP contribution is -2.23. The van der Waals surface area contributed by atoms with Crippen LogP contribution < -0.4 is 4.90 Å². The highest BCUT2D eigenvalue weighted by molar-refractivity contribution is 5.60. The fraction of sp³-hybridized carbons (Fsp3) is 0.235. The van der Waals surface area contributed by atoms with Crippen molar-refractivity contribution >= 4 is 5.69 Å². The fourth-order valence-electron chi connectivity index (χ4n) is 2.79. The maximum absolute atomic E-state index is 13.8. The van der Waals surface area contributed by atoms with Crippen molar-refractivity contribution in [3.8, 4) is 6.07 Å². The van der Waals surface area contributed by atoms with Gasteiger partial charge < -0.3 is 4.90 Å². The van der Waals surface area contributed by atoms with E-state index >= 15 is 0 Å². The number of nitrogens with zero attached hydrogens (tertiary/aromatic N) is 2. The van der Waals surface area contributed by atoms with E-state index in [1.807, 2.05) is 18.2 Å². The van der Waals surface area contributed by atoms with Crippen LogP contribution in [0.1, 0.15) is 23.1 Å². The zero-order chi connectivity index (χ0) is 13.9. The van der Waals surface area contributed by atoms with Crippen LogP contribution in [0.5, 0.6) is 0 Å². The average Bonchev–Trinajstić information content (AvgIpc) is 2.69. The Bertz CT molecular complexity index is 673. The van der Waals surface area contributed by atoms with Crippen molar-refractivity contribution in [1.29, 1.82) is 5.26 Å². The van der Waals surface area contributed by atoms with E-state index < -0.39 is 5.82 Å². The summed E-state index contributed by atoms with van der Waals surface area (Å²) in [6.07, 6.45) is 2.04. The largest absolute Gasteiger partial charge is 0.366 e. The molecule has 2 aromatic rings. The van der Waals surface area contributed by atoms with Gasteiger partial charge in [0.05, 0.1) is 5.69 Å². The summed E-state index contributed by atoms with van der Waals surface area (Å²) in [6, 6.07) is 15.2. The van der Waals surface area contributed by atoms with Crippen molar-refractivity contribution in [3.63, 3.8) is 0 Å². The SMILES string of the molecule is N#Cc1c(F)cccc1N1CCCc2ccccc2C1. The molecule has 1 aliphatic rings. The summed E-state index contributed by atoms with van der Waals surface area (Å²) in [6.45, 7) is 1.57. The highest BCUT2D eigenvalue weighted by atomic mass is 19.1. The van der Waals surface area contributed by atoms with Gasteiger partial charge in [-0.3, -0.25) is 0 Å².